The number of amides is 1. The maximum Gasteiger partial charge on any atom is 0.258 e. The fraction of sp³-hybridized carbons (Fsp3) is 0.133. The smallest absolute Gasteiger partial charge is 0.258 e. The van der Waals surface area contributed by atoms with Gasteiger partial charge in [0.15, 0.2) is 0 Å². The number of aryl methyl sites for hydroxylation is 1. The summed E-state index contributed by atoms with van der Waals surface area (Å²) in [6, 6.07) is 9.60. The molecule has 2 rings (SSSR count). The Labute approximate surface area is 111 Å². The molecule has 0 bridgehead atoms. The number of rotatable bonds is 2. The van der Waals surface area contributed by atoms with Crippen LogP contribution in [0.4, 0.5) is 15.8 Å². The number of halogens is 1. The molecule has 0 saturated carbocycles. The predicted octanol–water partition coefficient (Wildman–Crippen LogP) is 3.28. The first kappa shape index (κ1) is 13.1. The third kappa shape index (κ3) is 2.73. The Morgan fingerprint density at radius 2 is 1.95 bits per heavy atom. The number of anilines is 2. The first-order chi connectivity index (χ1) is 8.99. The quantitative estimate of drug-likeness (QED) is 0.812. The number of benzene rings is 2. The van der Waals surface area contributed by atoms with Crippen LogP contribution in [0.15, 0.2) is 36.4 Å². The Morgan fingerprint density at radius 1 is 1.21 bits per heavy atom. The van der Waals surface area contributed by atoms with Gasteiger partial charge in [-0.25, -0.2) is 4.39 Å². The number of carbonyl (C=O) groups excluding carboxylic acids is 1. The van der Waals surface area contributed by atoms with E-state index in [0.717, 1.165) is 17.2 Å². The van der Waals surface area contributed by atoms with Gasteiger partial charge in [-0.2, -0.15) is 0 Å². The van der Waals surface area contributed by atoms with Gasteiger partial charge in [-0.3, -0.25) is 4.79 Å². The average molecular weight is 258 g/mol. The van der Waals surface area contributed by atoms with Crippen LogP contribution in [-0.2, 0) is 0 Å². The molecule has 1 amide bonds. The molecule has 4 heteroatoms. The molecule has 3 nitrogen and oxygen atoms in total. The molecule has 3 N–H and O–H groups in total. The van der Waals surface area contributed by atoms with Crippen molar-refractivity contribution in [1.29, 1.82) is 0 Å². The lowest BCUT2D eigenvalue weighted by Gasteiger charge is -2.11. The van der Waals surface area contributed by atoms with Gasteiger partial charge in [0, 0.05) is 11.4 Å². The zero-order valence-electron chi connectivity index (χ0n) is 10.8. The molecule has 0 aliphatic carbocycles. The second kappa shape index (κ2) is 5.10. The van der Waals surface area contributed by atoms with E-state index in [0.29, 0.717) is 11.4 Å². The van der Waals surface area contributed by atoms with Crippen molar-refractivity contribution >= 4 is 17.3 Å². The topological polar surface area (TPSA) is 55.1 Å². The summed E-state index contributed by atoms with van der Waals surface area (Å²) in [7, 11) is 0. The van der Waals surface area contributed by atoms with Crippen LogP contribution < -0.4 is 11.1 Å². The van der Waals surface area contributed by atoms with Crippen molar-refractivity contribution in [2.24, 2.45) is 0 Å². The van der Waals surface area contributed by atoms with Crippen molar-refractivity contribution in [2.75, 3.05) is 11.1 Å². The summed E-state index contributed by atoms with van der Waals surface area (Å²) in [5.74, 6) is -1.10. The van der Waals surface area contributed by atoms with Crippen LogP contribution in [0.2, 0.25) is 0 Å². The van der Waals surface area contributed by atoms with Crippen LogP contribution in [0.5, 0.6) is 0 Å². The molecule has 0 fully saturated rings. The standard InChI is InChI=1S/C15H15FN2O/c1-9-4-3-5-14(10(9)2)18-15(19)12-7-6-11(17)8-13(12)16/h3-8H,17H2,1-2H3,(H,18,19). The van der Waals surface area contributed by atoms with Gasteiger partial charge < -0.3 is 11.1 Å². The molecule has 2 aromatic carbocycles. The number of nitrogens with one attached hydrogen (secondary N) is 1. The highest BCUT2D eigenvalue weighted by Crippen LogP contribution is 2.20. The van der Waals surface area contributed by atoms with Crippen molar-refractivity contribution in [3.05, 3.63) is 58.9 Å². The minimum atomic E-state index is -0.622. The van der Waals surface area contributed by atoms with Crippen molar-refractivity contribution in [1.82, 2.24) is 0 Å². The SMILES string of the molecule is Cc1cccc(NC(=O)c2ccc(N)cc2F)c1C. The molecule has 19 heavy (non-hydrogen) atoms. The second-order valence-corrected chi connectivity index (χ2v) is 4.44. The van der Waals surface area contributed by atoms with Gasteiger partial charge in [0.05, 0.1) is 5.56 Å². The molecule has 0 radical (unpaired) electrons. The van der Waals surface area contributed by atoms with Crippen LogP contribution in [0.25, 0.3) is 0 Å². The van der Waals surface area contributed by atoms with Crippen molar-refractivity contribution in [2.45, 2.75) is 13.8 Å². The molecule has 0 aromatic heterocycles. The number of nitrogen functional groups attached to an aromatic ring is 1. The molecule has 0 saturated heterocycles. The third-order valence-corrected chi connectivity index (χ3v) is 3.09. The second-order valence-electron chi connectivity index (χ2n) is 4.44. The number of hydrogen-bond acceptors (Lipinski definition) is 2. The van der Waals surface area contributed by atoms with Gasteiger partial charge in [-0.15, -0.1) is 0 Å². The maximum atomic E-state index is 13.6. The van der Waals surface area contributed by atoms with Gasteiger partial charge in [0.25, 0.3) is 5.91 Å². The zero-order valence-corrected chi connectivity index (χ0v) is 10.8. The molecule has 0 spiro atoms. The number of hydrogen-bond donors (Lipinski definition) is 2. The summed E-state index contributed by atoms with van der Waals surface area (Å²) in [4.78, 5) is 12.0. The molecular formula is C15H15FN2O. The molecule has 98 valence electrons. The summed E-state index contributed by atoms with van der Waals surface area (Å²) in [5, 5.41) is 2.71. The highest BCUT2D eigenvalue weighted by molar-refractivity contribution is 6.05. The van der Waals surface area contributed by atoms with E-state index in [-0.39, 0.29) is 5.56 Å². The van der Waals surface area contributed by atoms with E-state index in [1.165, 1.54) is 12.1 Å². The number of nitrogens with two attached hydrogens (primary N) is 1. The minimum Gasteiger partial charge on any atom is -0.399 e. The normalized spacial score (nSPS) is 10.3. The summed E-state index contributed by atoms with van der Waals surface area (Å²) in [6.45, 7) is 3.86. The van der Waals surface area contributed by atoms with Gasteiger partial charge in [-0.1, -0.05) is 12.1 Å². The van der Waals surface area contributed by atoms with Gasteiger partial charge in [-0.05, 0) is 49.2 Å². The van der Waals surface area contributed by atoms with E-state index in [4.69, 9.17) is 5.73 Å². The van der Waals surface area contributed by atoms with Crippen LogP contribution >= 0.6 is 0 Å². The lowest BCUT2D eigenvalue weighted by Crippen LogP contribution is -2.15. The van der Waals surface area contributed by atoms with Crippen LogP contribution in [0, 0.1) is 19.7 Å². The summed E-state index contributed by atoms with van der Waals surface area (Å²) >= 11 is 0. The van der Waals surface area contributed by atoms with Gasteiger partial charge in [0.1, 0.15) is 5.82 Å². The van der Waals surface area contributed by atoms with Crippen molar-refractivity contribution < 1.29 is 9.18 Å². The van der Waals surface area contributed by atoms with Gasteiger partial charge >= 0.3 is 0 Å². The molecule has 0 heterocycles. The summed E-state index contributed by atoms with van der Waals surface area (Å²) in [5.41, 5.74) is 8.44. The third-order valence-electron chi connectivity index (χ3n) is 3.09. The largest absolute Gasteiger partial charge is 0.399 e. The molecule has 0 aliphatic rings. The molecular weight excluding hydrogens is 243 g/mol. The lowest BCUT2D eigenvalue weighted by molar-refractivity contribution is 0.102. The Bertz CT molecular complexity index is 638. The van der Waals surface area contributed by atoms with E-state index >= 15 is 0 Å². The maximum absolute atomic E-state index is 13.6. The predicted molar refractivity (Wildman–Crippen MR) is 74.7 cm³/mol. The van der Waals surface area contributed by atoms with E-state index in [2.05, 4.69) is 5.32 Å². The first-order valence-corrected chi connectivity index (χ1v) is 5.91. The Balaban J connectivity index is 2.28. The molecule has 0 atom stereocenters. The lowest BCUT2D eigenvalue weighted by atomic mass is 10.1. The molecule has 2 aromatic rings. The van der Waals surface area contributed by atoms with Crippen LogP contribution in [-0.4, -0.2) is 5.91 Å². The Kier molecular flexibility index (Phi) is 3.51. The summed E-state index contributed by atoms with van der Waals surface area (Å²) < 4.78 is 13.6. The average Bonchev–Trinajstić information content (AvgIpc) is 2.34. The Hall–Kier alpha value is -2.36. The van der Waals surface area contributed by atoms with E-state index in [1.54, 1.807) is 6.07 Å². The molecule has 0 unspecified atom stereocenters. The Morgan fingerprint density at radius 3 is 2.63 bits per heavy atom. The number of carbonyl (C=O) groups is 1. The monoisotopic (exact) mass is 258 g/mol. The zero-order chi connectivity index (χ0) is 14.0. The molecule has 0 aliphatic heterocycles. The van der Waals surface area contributed by atoms with Crippen molar-refractivity contribution in [3.8, 4) is 0 Å². The van der Waals surface area contributed by atoms with E-state index in [1.807, 2.05) is 26.0 Å². The van der Waals surface area contributed by atoms with Crippen molar-refractivity contribution in [3.63, 3.8) is 0 Å². The van der Waals surface area contributed by atoms with Crippen LogP contribution in [0.3, 0.4) is 0 Å². The highest BCUT2D eigenvalue weighted by Gasteiger charge is 2.13. The summed E-state index contributed by atoms with van der Waals surface area (Å²) in [6.07, 6.45) is 0. The minimum absolute atomic E-state index is 0.0184. The van der Waals surface area contributed by atoms with Gasteiger partial charge in [0.2, 0.25) is 0 Å². The van der Waals surface area contributed by atoms with Crippen LogP contribution in [0.1, 0.15) is 21.5 Å². The highest BCUT2D eigenvalue weighted by atomic mass is 19.1. The fourth-order valence-electron chi connectivity index (χ4n) is 1.79. The fourth-order valence-corrected chi connectivity index (χ4v) is 1.79. The van der Waals surface area contributed by atoms with E-state index < -0.39 is 11.7 Å². The first-order valence-electron chi connectivity index (χ1n) is 5.91. The van der Waals surface area contributed by atoms with E-state index in [9.17, 15) is 9.18 Å².